The maximum atomic E-state index is 13.2. The van der Waals surface area contributed by atoms with Crippen molar-refractivity contribution in [1.29, 1.82) is 0 Å². The molecule has 3 saturated carbocycles. The van der Waals surface area contributed by atoms with Gasteiger partial charge in [-0.2, -0.15) is 0 Å². The molecular formula is C25H36O4. The van der Waals surface area contributed by atoms with Crippen LogP contribution in [0.5, 0.6) is 0 Å². The van der Waals surface area contributed by atoms with Crippen LogP contribution in [0.3, 0.4) is 0 Å². The van der Waals surface area contributed by atoms with E-state index in [0.717, 1.165) is 36.7 Å². The van der Waals surface area contributed by atoms with Crippen LogP contribution < -0.4 is 0 Å². The number of carbonyl (C=O) groups is 2. The molecule has 0 aliphatic heterocycles. The van der Waals surface area contributed by atoms with Crippen molar-refractivity contribution in [3.05, 3.63) is 34.9 Å². The summed E-state index contributed by atoms with van der Waals surface area (Å²) in [5, 5.41) is 20.8. The summed E-state index contributed by atoms with van der Waals surface area (Å²) in [5.41, 5.74) is 1.82. The fourth-order valence-electron chi connectivity index (χ4n) is 7.08. The third-order valence-electron chi connectivity index (χ3n) is 8.69. The first-order chi connectivity index (χ1) is 13.5. The fourth-order valence-corrected chi connectivity index (χ4v) is 7.08. The molecule has 0 aromatic heterocycles. The minimum absolute atomic E-state index is 0.0152. The lowest BCUT2D eigenvalue weighted by molar-refractivity contribution is -0.178. The molecule has 0 aromatic rings. The van der Waals surface area contributed by atoms with Gasteiger partial charge in [-0.15, -0.1) is 0 Å². The second-order valence-corrected chi connectivity index (χ2v) is 10.4. The number of Topliss-reactive ketones (excluding diaryl/α,β-unsaturated/α-hetero) is 1. The van der Waals surface area contributed by atoms with Gasteiger partial charge in [0.05, 0.1) is 12.7 Å². The summed E-state index contributed by atoms with van der Waals surface area (Å²) in [6.07, 6.45) is 9.83. The Morgan fingerprint density at radius 2 is 1.83 bits per heavy atom. The Kier molecular flexibility index (Phi) is 5.83. The zero-order chi connectivity index (χ0) is 21.6. The van der Waals surface area contributed by atoms with Crippen molar-refractivity contribution in [2.45, 2.75) is 72.8 Å². The molecule has 0 spiro atoms. The molecule has 3 rings (SSSR count). The summed E-state index contributed by atoms with van der Waals surface area (Å²) >= 11 is 0. The minimum Gasteiger partial charge on any atom is -0.396 e. The van der Waals surface area contributed by atoms with E-state index in [1.54, 1.807) is 13.0 Å². The molecule has 0 aromatic carbocycles. The maximum Gasteiger partial charge on any atom is 0.160 e. The van der Waals surface area contributed by atoms with Gasteiger partial charge in [0.15, 0.2) is 5.78 Å². The first kappa shape index (κ1) is 22.2. The molecule has 0 amide bonds. The van der Waals surface area contributed by atoms with Crippen molar-refractivity contribution in [1.82, 2.24) is 0 Å². The van der Waals surface area contributed by atoms with Crippen molar-refractivity contribution in [2.24, 2.45) is 28.1 Å². The molecule has 4 nitrogen and oxygen atoms in total. The van der Waals surface area contributed by atoms with Crippen LogP contribution in [0, 0.1) is 28.1 Å². The van der Waals surface area contributed by atoms with Gasteiger partial charge in [-0.05, 0) is 67.9 Å². The smallest absolute Gasteiger partial charge is 0.160 e. The molecule has 160 valence electrons. The fraction of sp³-hybridized carbons (Fsp3) is 0.680. The lowest BCUT2D eigenvalue weighted by Crippen LogP contribution is -2.59. The zero-order valence-corrected chi connectivity index (χ0v) is 18.5. The highest BCUT2D eigenvalue weighted by Gasteiger charge is 2.65. The third-order valence-corrected chi connectivity index (χ3v) is 8.69. The zero-order valence-electron chi connectivity index (χ0n) is 18.5. The Hall–Kier alpha value is -1.52. The lowest BCUT2D eigenvalue weighted by atomic mass is 9.43. The number of ketones is 1. The van der Waals surface area contributed by atoms with E-state index in [9.17, 15) is 19.8 Å². The Balaban J connectivity index is 2.01. The quantitative estimate of drug-likeness (QED) is 0.422. The molecule has 0 heterocycles. The van der Waals surface area contributed by atoms with Crippen LogP contribution in [-0.2, 0) is 9.59 Å². The Labute approximate surface area is 174 Å². The molecular weight excluding hydrogens is 364 g/mol. The molecule has 3 aliphatic carbocycles. The van der Waals surface area contributed by atoms with Crippen LogP contribution in [0.2, 0.25) is 0 Å². The Morgan fingerprint density at radius 3 is 2.45 bits per heavy atom. The van der Waals surface area contributed by atoms with Gasteiger partial charge in [0.1, 0.15) is 6.29 Å². The number of carbonyl (C=O) groups excluding carboxylic acids is 2. The maximum absolute atomic E-state index is 13.2. The lowest BCUT2D eigenvalue weighted by Gasteiger charge is -2.62. The van der Waals surface area contributed by atoms with Crippen LogP contribution in [0.4, 0.5) is 0 Å². The van der Waals surface area contributed by atoms with Gasteiger partial charge in [0, 0.05) is 22.8 Å². The van der Waals surface area contributed by atoms with E-state index in [1.807, 2.05) is 26.0 Å². The highest BCUT2D eigenvalue weighted by atomic mass is 16.3. The average Bonchev–Trinajstić information content (AvgIpc) is 2.96. The van der Waals surface area contributed by atoms with Gasteiger partial charge in [-0.25, -0.2) is 0 Å². The van der Waals surface area contributed by atoms with Crippen LogP contribution in [0.25, 0.3) is 0 Å². The third kappa shape index (κ3) is 3.29. The van der Waals surface area contributed by atoms with E-state index in [1.165, 1.54) is 0 Å². The molecule has 3 aliphatic rings. The SMILES string of the molecule is CC(C=O)=CC=CC(C)=C1C(=O)CC2C1(C)CCC1C(C)(CO)C(O)CCC21C. The highest BCUT2D eigenvalue weighted by molar-refractivity contribution is 6.00. The standard InChI is InChI=1S/C25H36O4/c1-16(14-26)7-6-8-17(2)22-18(28)13-20-23(3)12-10-21(29)25(5,15-27)19(23)9-11-24(20,22)4/h6-8,14,19-21,27,29H,9-13,15H2,1-5H3. The number of rotatable bonds is 4. The van der Waals surface area contributed by atoms with E-state index in [2.05, 4.69) is 13.8 Å². The summed E-state index contributed by atoms with van der Waals surface area (Å²) in [7, 11) is 0. The van der Waals surface area contributed by atoms with Crippen molar-refractivity contribution >= 4 is 12.1 Å². The van der Waals surface area contributed by atoms with E-state index in [4.69, 9.17) is 0 Å². The van der Waals surface area contributed by atoms with Crippen molar-refractivity contribution in [2.75, 3.05) is 6.61 Å². The van der Waals surface area contributed by atoms with Gasteiger partial charge in [-0.1, -0.05) is 39.0 Å². The number of hydrogen-bond donors (Lipinski definition) is 2. The van der Waals surface area contributed by atoms with Crippen LogP contribution in [-0.4, -0.2) is 35.0 Å². The van der Waals surface area contributed by atoms with Crippen LogP contribution in [0.1, 0.15) is 66.7 Å². The van der Waals surface area contributed by atoms with E-state index in [-0.39, 0.29) is 35.1 Å². The molecule has 6 atom stereocenters. The van der Waals surface area contributed by atoms with E-state index >= 15 is 0 Å². The average molecular weight is 401 g/mol. The number of allylic oxidation sites excluding steroid dienone is 6. The van der Waals surface area contributed by atoms with Gasteiger partial charge >= 0.3 is 0 Å². The predicted octanol–water partition coefficient (Wildman–Crippen LogP) is 4.17. The van der Waals surface area contributed by atoms with Crippen LogP contribution in [0.15, 0.2) is 34.9 Å². The Bertz CT molecular complexity index is 791. The molecule has 3 fully saturated rings. The number of aliphatic hydroxyl groups is 2. The summed E-state index contributed by atoms with van der Waals surface area (Å²) < 4.78 is 0. The summed E-state index contributed by atoms with van der Waals surface area (Å²) in [6, 6.07) is 0. The monoisotopic (exact) mass is 400 g/mol. The topological polar surface area (TPSA) is 74.6 Å². The summed E-state index contributed by atoms with van der Waals surface area (Å²) in [5.74, 6) is 0.669. The number of aliphatic hydroxyl groups excluding tert-OH is 2. The number of hydrogen-bond acceptors (Lipinski definition) is 4. The Morgan fingerprint density at radius 1 is 1.14 bits per heavy atom. The van der Waals surface area contributed by atoms with E-state index in [0.29, 0.717) is 18.4 Å². The number of aldehydes is 1. The van der Waals surface area contributed by atoms with E-state index < -0.39 is 11.5 Å². The normalized spacial score (nSPS) is 44.6. The van der Waals surface area contributed by atoms with Gasteiger partial charge in [-0.3, -0.25) is 9.59 Å². The first-order valence-corrected chi connectivity index (χ1v) is 10.9. The molecule has 29 heavy (non-hydrogen) atoms. The number of fused-ring (bicyclic) bond motifs is 3. The van der Waals surface area contributed by atoms with Crippen LogP contribution >= 0.6 is 0 Å². The molecule has 2 N–H and O–H groups in total. The van der Waals surface area contributed by atoms with Crippen molar-refractivity contribution in [3.63, 3.8) is 0 Å². The van der Waals surface area contributed by atoms with Crippen molar-refractivity contribution in [3.8, 4) is 0 Å². The van der Waals surface area contributed by atoms with Gasteiger partial charge < -0.3 is 10.2 Å². The molecule has 4 heteroatoms. The second kappa shape index (κ2) is 7.63. The highest BCUT2D eigenvalue weighted by Crippen LogP contribution is 2.69. The largest absolute Gasteiger partial charge is 0.396 e. The molecule has 0 saturated heterocycles. The molecule has 0 bridgehead atoms. The summed E-state index contributed by atoms with van der Waals surface area (Å²) in [4.78, 5) is 24.0. The van der Waals surface area contributed by atoms with Gasteiger partial charge in [0.2, 0.25) is 0 Å². The minimum atomic E-state index is -0.504. The molecule has 6 unspecified atom stereocenters. The second-order valence-electron chi connectivity index (χ2n) is 10.4. The van der Waals surface area contributed by atoms with Gasteiger partial charge in [0.25, 0.3) is 0 Å². The first-order valence-electron chi connectivity index (χ1n) is 10.9. The predicted molar refractivity (Wildman–Crippen MR) is 114 cm³/mol. The summed E-state index contributed by atoms with van der Waals surface area (Å²) in [6.45, 7) is 10.3. The van der Waals surface area contributed by atoms with Crippen molar-refractivity contribution < 1.29 is 19.8 Å². The molecule has 0 radical (unpaired) electrons.